The first-order chi connectivity index (χ1) is 11.9. The number of anilines is 1. The van der Waals surface area contributed by atoms with Crippen LogP contribution in [0.4, 0.5) is 5.69 Å². The van der Waals surface area contributed by atoms with Crippen LogP contribution in [0.2, 0.25) is 0 Å². The number of alkyl halides is 1. The molecular weight excluding hydrogens is 328 g/mol. The molecule has 1 fully saturated rings. The van der Waals surface area contributed by atoms with E-state index in [0.717, 1.165) is 12.5 Å². The monoisotopic (exact) mass is 363 g/mol. The van der Waals surface area contributed by atoms with E-state index >= 15 is 0 Å². The maximum Gasteiger partial charge on any atom is 0.187 e. The summed E-state index contributed by atoms with van der Waals surface area (Å²) in [7, 11) is 2.13. The Balaban J connectivity index is 2.30. The van der Waals surface area contributed by atoms with Gasteiger partial charge >= 0.3 is 0 Å². The number of hydrazine groups is 1. The van der Waals surface area contributed by atoms with Crippen LogP contribution in [-0.2, 0) is 0 Å². The van der Waals surface area contributed by atoms with Crippen molar-refractivity contribution < 1.29 is 4.68 Å². The van der Waals surface area contributed by atoms with Crippen molar-refractivity contribution in [2.24, 2.45) is 5.92 Å². The maximum absolute atomic E-state index is 6.25. The summed E-state index contributed by atoms with van der Waals surface area (Å²) >= 11 is 6.25. The minimum atomic E-state index is 0.0264. The average molecular weight is 364 g/mol. The average Bonchev–Trinajstić information content (AvgIpc) is 2.59. The quantitative estimate of drug-likeness (QED) is 0.243. The number of halogens is 1. The Morgan fingerprint density at radius 2 is 1.92 bits per heavy atom. The molecule has 1 saturated carbocycles. The molecule has 0 radical (unpaired) electrons. The van der Waals surface area contributed by atoms with Crippen molar-refractivity contribution >= 4 is 23.5 Å². The van der Waals surface area contributed by atoms with Crippen molar-refractivity contribution in [3.8, 4) is 0 Å². The summed E-state index contributed by atoms with van der Waals surface area (Å²) < 4.78 is 2.21. The highest BCUT2D eigenvalue weighted by molar-refractivity contribution is 6.27. The van der Waals surface area contributed by atoms with Crippen LogP contribution in [0.1, 0.15) is 76.3 Å². The van der Waals surface area contributed by atoms with Crippen molar-refractivity contribution in [2.75, 3.05) is 18.6 Å². The lowest BCUT2D eigenvalue weighted by molar-refractivity contribution is -0.509. The van der Waals surface area contributed by atoms with E-state index in [9.17, 15) is 0 Å². The minimum absolute atomic E-state index is 0.0264. The molecule has 2 rings (SSSR count). The molecule has 0 bridgehead atoms. The number of hydrazone groups is 1. The van der Waals surface area contributed by atoms with Gasteiger partial charge in [0, 0.05) is 0 Å². The highest BCUT2D eigenvalue weighted by Crippen LogP contribution is 2.30. The zero-order chi connectivity index (χ0) is 18.4. The third kappa shape index (κ3) is 5.74. The third-order valence-electron chi connectivity index (χ3n) is 5.64. The van der Waals surface area contributed by atoms with E-state index < -0.39 is 0 Å². The molecule has 1 aliphatic rings. The number of nitrogens with zero attached hydrogens (tertiary/aromatic N) is 2. The second-order valence-corrected chi connectivity index (χ2v) is 8.53. The fourth-order valence-electron chi connectivity index (χ4n) is 3.90. The number of benzene rings is 1. The molecule has 0 amide bonds. The largest absolute Gasteiger partial charge is 0.187 e. The van der Waals surface area contributed by atoms with Gasteiger partial charge in [0.2, 0.25) is 0 Å². The van der Waals surface area contributed by atoms with Crippen molar-refractivity contribution in [2.45, 2.75) is 77.5 Å². The zero-order valence-electron chi connectivity index (χ0n) is 16.8. The Hall–Kier alpha value is -1.02. The summed E-state index contributed by atoms with van der Waals surface area (Å²) in [6, 6.07) is 6.99. The van der Waals surface area contributed by atoms with E-state index in [0.29, 0.717) is 5.92 Å². The van der Waals surface area contributed by atoms with E-state index in [4.69, 9.17) is 11.6 Å². The smallest absolute Gasteiger partial charge is 0.154 e. The van der Waals surface area contributed by atoms with Crippen LogP contribution in [0.3, 0.4) is 0 Å². The summed E-state index contributed by atoms with van der Waals surface area (Å²) in [6.45, 7) is 9.92. The van der Waals surface area contributed by atoms with Gasteiger partial charge in [-0.25, -0.2) is 0 Å². The molecule has 0 spiro atoms. The fourth-order valence-corrected chi connectivity index (χ4v) is 4.06. The predicted octanol–water partition coefficient (Wildman–Crippen LogP) is 6.15. The maximum atomic E-state index is 6.25. The Bertz CT molecular complexity index is 573. The molecule has 2 nitrogen and oxygen atoms in total. The topological polar surface area (TPSA) is 6.25 Å². The van der Waals surface area contributed by atoms with Gasteiger partial charge in [-0.1, -0.05) is 45.2 Å². The summed E-state index contributed by atoms with van der Waals surface area (Å²) in [4.78, 5) is 0. The lowest BCUT2D eigenvalue weighted by Gasteiger charge is -2.28. The minimum Gasteiger partial charge on any atom is -0.154 e. The normalized spacial score (nSPS) is 18.9. The first-order valence-electron chi connectivity index (χ1n) is 10.0. The van der Waals surface area contributed by atoms with Gasteiger partial charge < -0.3 is 0 Å². The van der Waals surface area contributed by atoms with Gasteiger partial charge in [0.25, 0.3) is 0 Å². The van der Waals surface area contributed by atoms with E-state index in [1.807, 2.05) is 6.92 Å². The van der Waals surface area contributed by atoms with Crippen molar-refractivity contribution in [1.29, 1.82) is 0 Å². The van der Waals surface area contributed by atoms with Crippen LogP contribution in [0.5, 0.6) is 0 Å². The SMILES string of the molecule is CCC(C)c1ccc(N(CC2CCCCC2)/[N+](C)=C\C(C)Cl)c(C)c1. The first-order valence-corrected chi connectivity index (χ1v) is 10.5. The molecule has 3 heteroatoms. The van der Waals surface area contributed by atoms with E-state index in [2.05, 4.69) is 61.9 Å². The molecule has 0 heterocycles. The third-order valence-corrected chi connectivity index (χ3v) is 5.75. The Morgan fingerprint density at radius 3 is 2.48 bits per heavy atom. The van der Waals surface area contributed by atoms with Gasteiger partial charge in [-0.3, -0.25) is 0 Å². The van der Waals surface area contributed by atoms with E-state index in [1.54, 1.807) is 0 Å². The molecule has 1 aromatic carbocycles. The molecule has 1 aromatic rings. The van der Waals surface area contributed by atoms with Crippen LogP contribution in [0.15, 0.2) is 18.2 Å². The van der Waals surface area contributed by atoms with Gasteiger partial charge in [-0.05, 0) is 62.1 Å². The number of rotatable bonds is 7. The highest BCUT2D eigenvalue weighted by atomic mass is 35.5. The standard InChI is InChI=1S/C22H36ClN2/c1-6-17(2)21-12-13-22(18(3)14-21)25(24(5)15-19(4)23)16-20-10-8-7-9-11-20/h12-15,17,19-20H,6-11,16H2,1-5H3/q+1/b24-15-. The Labute approximate surface area is 159 Å². The Kier molecular flexibility index (Phi) is 7.81. The summed E-state index contributed by atoms with van der Waals surface area (Å²) in [6.07, 6.45) is 10.2. The number of aryl methyl sites for hydroxylation is 1. The molecule has 0 aliphatic heterocycles. The lowest BCUT2D eigenvalue weighted by Crippen LogP contribution is -2.39. The fraction of sp³-hybridized carbons (Fsp3) is 0.682. The van der Waals surface area contributed by atoms with Crippen LogP contribution < -0.4 is 5.01 Å². The molecular formula is C22H36ClN2+. The summed E-state index contributed by atoms with van der Waals surface area (Å²) in [5.74, 6) is 1.40. The lowest BCUT2D eigenvalue weighted by atomic mass is 9.89. The van der Waals surface area contributed by atoms with Gasteiger partial charge in [-0.2, -0.15) is 5.01 Å². The van der Waals surface area contributed by atoms with Crippen LogP contribution >= 0.6 is 11.6 Å². The molecule has 2 atom stereocenters. The van der Waals surface area contributed by atoms with Crippen molar-refractivity contribution in [3.63, 3.8) is 0 Å². The van der Waals surface area contributed by atoms with Crippen LogP contribution in [0.25, 0.3) is 0 Å². The van der Waals surface area contributed by atoms with Gasteiger partial charge in [0.05, 0.1) is 6.54 Å². The van der Waals surface area contributed by atoms with E-state index in [-0.39, 0.29) is 5.38 Å². The molecule has 140 valence electrons. The summed E-state index contributed by atoms with van der Waals surface area (Å²) in [5.41, 5.74) is 4.11. The number of hydrogen-bond donors (Lipinski definition) is 0. The predicted molar refractivity (Wildman–Crippen MR) is 111 cm³/mol. The first kappa shape index (κ1) is 20.3. The highest BCUT2D eigenvalue weighted by Gasteiger charge is 2.24. The molecule has 0 aromatic heterocycles. The second kappa shape index (κ2) is 9.62. The molecule has 2 unspecified atom stereocenters. The van der Waals surface area contributed by atoms with E-state index in [1.165, 1.54) is 55.3 Å². The molecule has 0 N–H and O–H groups in total. The van der Waals surface area contributed by atoms with Crippen LogP contribution in [-0.4, -0.2) is 29.9 Å². The van der Waals surface area contributed by atoms with Gasteiger partial charge in [0.15, 0.2) is 13.3 Å². The molecule has 0 saturated heterocycles. The number of hydrogen-bond acceptors (Lipinski definition) is 1. The van der Waals surface area contributed by atoms with Gasteiger partial charge in [-0.15, -0.1) is 16.3 Å². The summed E-state index contributed by atoms with van der Waals surface area (Å²) in [5, 5.41) is 2.46. The van der Waals surface area contributed by atoms with Crippen LogP contribution in [0, 0.1) is 12.8 Å². The second-order valence-electron chi connectivity index (χ2n) is 7.84. The van der Waals surface area contributed by atoms with Crippen molar-refractivity contribution in [1.82, 2.24) is 0 Å². The molecule has 25 heavy (non-hydrogen) atoms. The zero-order valence-corrected chi connectivity index (χ0v) is 17.5. The van der Waals surface area contributed by atoms with Crippen molar-refractivity contribution in [3.05, 3.63) is 29.3 Å². The Morgan fingerprint density at radius 1 is 1.24 bits per heavy atom. The van der Waals surface area contributed by atoms with Gasteiger partial charge in [0.1, 0.15) is 11.1 Å². The molecule has 1 aliphatic carbocycles.